The fraction of sp³-hybridized carbons (Fsp3) is 0.227. The van der Waals surface area contributed by atoms with Crippen LogP contribution >= 0.6 is 39.5 Å². The van der Waals surface area contributed by atoms with E-state index in [2.05, 4.69) is 47.9 Å². The SMILES string of the molecule is Cc1ccccc1NC(=O)CCN1C(=S)N[C@@H](c2ccccn2)[C@H]1c1cc(Br)cs1. The first-order valence-corrected chi connectivity index (χ1v) is 11.7. The maximum atomic E-state index is 12.6. The van der Waals surface area contributed by atoms with Crippen LogP contribution in [0.5, 0.6) is 0 Å². The topological polar surface area (TPSA) is 57.3 Å². The number of thiophene rings is 1. The summed E-state index contributed by atoms with van der Waals surface area (Å²) < 4.78 is 1.04. The molecule has 1 fully saturated rings. The van der Waals surface area contributed by atoms with Crippen LogP contribution in [-0.2, 0) is 4.79 Å². The van der Waals surface area contributed by atoms with Gasteiger partial charge in [-0.2, -0.15) is 0 Å². The molecule has 154 valence electrons. The van der Waals surface area contributed by atoms with Gasteiger partial charge in [-0.3, -0.25) is 9.78 Å². The van der Waals surface area contributed by atoms with Crippen molar-refractivity contribution in [2.45, 2.75) is 25.4 Å². The highest BCUT2D eigenvalue weighted by Crippen LogP contribution is 2.41. The zero-order chi connectivity index (χ0) is 21.1. The van der Waals surface area contributed by atoms with Gasteiger partial charge in [0.05, 0.1) is 17.8 Å². The van der Waals surface area contributed by atoms with Gasteiger partial charge >= 0.3 is 0 Å². The number of pyridine rings is 1. The largest absolute Gasteiger partial charge is 0.352 e. The van der Waals surface area contributed by atoms with Crippen molar-refractivity contribution in [1.82, 2.24) is 15.2 Å². The molecule has 2 aromatic heterocycles. The van der Waals surface area contributed by atoms with E-state index in [-0.39, 0.29) is 18.0 Å². The number of para-hydroxylation sites is 1. The Labute approximate surface area is 193 Å². The molecule has 3 aromatic rings. The third kappa shape index (κ3) is 4.55. The van der Waals surface area contributed by atoms with Gasteiger partial charge in [0, 0.05) is 39.6 Å². The van der Waals surface area contributed by atoms with Crippen LogP contribution in [0.4, 0.5) is 5.69 Å². The van der Waals surface area contributed by atoms with Gasteiger partial charge in [-0.1, -0.05) is 24.3 Å². The Balaban J connectivity index is 1.52. The predicted molar refractivity (Wildman–Crippen MR) is 129 cm³/mol. The minimum Gasteiger partial charge on any atom is -0.352 e. The van der Waals surface area contributed by atoms with E-state index in [0.717, 1.165) is 21.4 Å². The van der Waals surface area contributed by atoms with Crippen molar-refractivity contribution in [3.05, 3.63) is 80.7 Å². The molecule has 0 spiro atoms. The predicted octanol–water partition coefficient (Wildman–Crippen LogP) is 5.22. The number of carbonyl (C=O) groups excluding carboxylic acids is 1. The van der Waals surface area contributed by atoms with E-state index in [1.54, 1.807) is 17.5 Å². The average Bonchev–Trinajstić information content (AvgIpc) is 3.31. The zero-order valence-corrected chi connectivity index (χ0v) is 19.6. The lowest BCUT2D eigenvalue weighted by Crippen LogP contribution is -2.32. The summed E-state index contributed by atoms with van der Waals surface area (Å²) in [4.78, 5) is 20.4. The van der Waals surface area contributed by atoms with Crippen molar-refractivity contribution in [2.24, 2.45) is 0 Å². The first kappa shape index (κ1) is 21.0. The number of nitrogens with one attached hydrogen (secondary N) is 2. The summed E-state index contributed by atoms with van der Waals surface area (Å²) in [5.74, 6) is -0.0282. The summed E-state index contributed by atoms with van der Waals surface area (Å²) in [7, 11) is 0. The fourth-order valence-corrected chi connectivity index (χ4v) is 5.51. The third-order valence-corrected chi connectivity index (χ3v) is 7.19. The first-order chi connectivity index (χ1) is 14.5. The molecule has 30 heavy (non-hydrogen) atoms. The molecule has 1 saturated heterocycles. The van der Waals surface area contributed by atoms with Crippen LogP contribution in [0.1, 0.15) is 34.6 Å². The van der Waals surface area contributed by atoms with Crippen LogP contribution in [0.25, 0.3) is 0 Å². The van der Waals surface area contributed by atoms with Crippen molar-refractivity contribution in [3.8, 4) is 0 Å². The molecule has 3 heterocycles. The van der Waals surface area contributed by atoms with Gasteiger partial charge in [0.1, 0.15) is 0 Å². The normalized spacial score (nSPS) is 18.3. The lowest BCUT2D eigenvalue weighted by Gasteiger charge is -2.26. The third-order valence-electron chi connectivity index (χ3n) is 5.08. The first-order valence-electron chi connectivity index (χ1n) is 9.60. The zero-order valence-electron chi connectivity index (χ0n) is 16.3. The van der Waals surface area contributed by atoms with Crippen molar-refractivity contribution in [3.63, 3.8) is 0 Å². The molecule has 8 heteroatoms. The molecule has 5 nitrogen and oxygen atoms in total. The number of thiocarbonyl (C=S) groups is 1. The molecule has 0 aliphatic carbocycles. The van der Waals surface area contributed by atoms with Crippen LogP contribution in [0.2, 0.25) is 0 Å². The Morgan fingerprint density at radius 1 is 1.30 bits per heavy atom. The number of aryl methyl sites for hydroxylation is 1. The second-order valence-corrected chi connectivity index (χ2v) is 9.35. The van der Waals surface area contributed by atoms with Gasteiger partial charge < -0.3 is 15.5 Å². The molecule has 1 amide bonds. The Bertz CT molecular complexity index is 1060. The maximum Gasteiger partial charge on any atom is 0.226 e. The number of halogens is 1. The van der Waals surface area contributed by atoms with E-state index in [9.17, 15) is 4.79 Å². The summed E-state index contributed by atoms with van der Waals surface area (Å²) in [6.45, 7) is 2.50. The van der Waals surface area contributed by atoms with Gasteiger partial charge in [0.2, 0.25) is 5.91 Å². The summed E-state index contributed by atoms with van der Waals surface area (Å²) in [6.07, 6.45) is 2.13. The number of aromatic nitrogens is 1. The molecule has 2 N–H and O–H groups in total. The number of amides is 1. The number of nitrogens with zero attached hydrogens (tertiary/aromatic N) is 2. The molecule has 0 radical (unpaired) electrons. The van der Waals surface area contributed by atoms with Crippen LogP contribution in [0.3, 0.4) is 0 Å². The Morgan fingerprint density at radius 2 is 2.10 bits per heavy atom. The molecule has 4 rings (SSSR count). The number of benzene rings is 1. The molecule has 0 saturated carbocycles. The van der Waals surface area contributed by atoms with E-state index in [0.29, 0.717) is 18.1 Å². The Hall–Kier alpha value is -2.29. The van der Waals surface area contributed by atoms with Crippen molar-refractivity contribution in [1.29, 1.82) is 0 Å². The number of carbonyl (C=O) groups is 1. The molecule has 1 aliphatic rings. The van der Waals surface area contributed by atoms with Crippen LogP contribution in [0, 0.1) is 6.92 Å². The van der Waals surface area contributed by atoms with Gasteiger partial charge in [0.25, 0.3) is 0 Å². The standard InChI is InChI=1S/C22H21BrN4OS2/c1-14-6-2-3-7-16(14)25-19(28)9-11-27-21(18-12-15(23)13-30-18)20(26-22(27)29)17-8-4-5-10-24-17/h2-8,10,12-13,20-21H,9,11H2,1H3,(H,25,28)(H,26,29)/t20-,21+/m0/s1. The maximum absolute atomic E-state index is 12.6. The van der Waals surface area contributed by atoms with E-state index in [4.69, 9.17) is 12.2 Å². The molecule has 1 aromatic carbocycles. The smallest absolute Gasteiger partial charge is 0.226 e. The summed E-state index contributed by atoms with van der Waals surface area (Å²) in [5.41, 5.74) is 2.82. The number of anilines is 1. The minimum atomic E-state index is -0.0660. The quantitative estimate of drug-likeness (QED) is 0.454. The summed E-state index contributed by atoms with van der Waals surface area (Å²) >= 11 is 10.9. The van der Waals surface area contributed by atoms with Crippen molar-refractivity contribution in [2.75, 3.05) is 11.9 Å². The lowest BCUT2D eigenvalue weighted by molar-refractivity contribution is -0.116. The van der Waals surface area contributed by atoms with E-state index < -0.39 is 0 Å². The number of hydrogen-bond donors (Lipinski definition) is 2. The minimum absolute atomic E-state index is 0.0186. The second kappa shape index (κ2) is 9.24. The van der Waals surface area contributed by atoms with E-state index in [1.807, 2.05) is 49.4 Å². The number of rotatable bonds is 6. The lowest BCUT2D eigenvalue weighted by atomic mass is 10.0. The number of hydrogen-bond acceptors (Lipinski definition) is 4. The average molecular weight is 501 g/mol. The van der Waals surface area contributed by atoms with Gasteiger partial charge in [-0.15, -0.1) is 11.3 Å². The van der Waals surface area contributed by atoms with Crippen LogP contribution in [0.15, 0.2) is 64.6 Å². The highest BCUT2D eigenvalue weighted by atomic mass is 79.9. The van der Waals surface area contributed by atoms with Gasteiger partial charge in [-0.05, 0) is 64.9 Å². The van der Waals surface area contributed by atoms with Crippen LogP contribution < -0.4 is 10.6 Å². The molecule has 0 unspecified atom stereocenters. The molecular weight excluding hydrogens is 480 g/mol. The summed E-state index contributed by atoms with van der Waals surface area (Å²) in [5, 5.41) is 9.13. The monoisotopic (exact) mass is 500 g/mol. The Morgan fingerprint density at radius 3 is 2.80 bits per heavy atom. The fourth-order valence-electron chi connectivity index (χ4n) is 3.59. The molecular formula is C22H21BrN4OS2. The van der Waals surface area contributed by atoms with Crippen molar-refractivity contribution >= 4 is 56.2 Å². The molecule has 2 atom stereocenters. The summed E-state index contributed by atoms with van der Waals surface area (Å²) in [6, 6.07) is 15.7. The second-order valence-electron chi connectivity index (χ2n) is 7.10. The van der Waals surface area contributed by atoms with E-state index >= 15 is 0 Å². The van der Waals surface area contributed by atoms with Gasteiger partial charge in [0.15, 0.2) is 5.11 Å². The molecule has 1 aliphatic heterocycles. The Kier molecular flexibility index (Phi) is 6.46. The highest BCUT2D eigenvalue weighted by molar-refractivity contribution is 9.10. The van der Waals surface area contributed by atoms with Crippen LogP contribution in [-0.4, -0.2) is 27.4 Å². The van der Waals surface area contributed by atoms with Gasteiger partial charge in [-0.25, -0.2) is 0 Å². The highest BCUT2D eigenvalue weighted by Gasteiger charge is 2.40. The van der Waals surface area contributed by atoms with Crippen molar-refractivity contribution < 1.29 is 4.79 Å². The van der Waals surface area contributed by atoms with E-state index in [1.165, 1.54) is 4.88 Å². The molecule has 0 bridgehead atoms.